The lowest BCUT2D eigenvalue weighted by Gasteiger charge is -2.17. The molecule has 0 bridgehead atoms. The van der Waals surface area contributed by atoms with Crippen molar-refractivity contribution < 1.29 is 17.6 Å². The van der Waals surface area contributed by atoms with Crippen LogP contribution in [0.2, 0.25) is 0 Å². The highest BCUT2D eigenvalue weighted by atomic mass is 32.2. The van der Waals surface area contributed by atoms with Crippen molar-refractivity contribution >= 4 is 38.4 Å². The fraction of sp³-hybridized carbons (Fsp3) is 0.333. The minimum atomic E-state index is -3.91. The van der Waals surface area contributed by atoms with Crippen molar-refractivity contribution in [2.24, 2.45) is 4.40 Å². The third-order valence-corrected chi connectivity index (χ3v) is 7.20. The minimum absolute atomic E-state index is 0.0239. The molecule has 2 heterocycles. The summed E-state index contributed by atoms with van der Waals surface area (Å²) >= 11 is 0. The fourth-order valence-corrected chi connectivity index (χ4v) is 5.26. The van der Waals surface area contributed by atoms with E-state index < -0.39 is 10.0 Å². The first-order valence-corrected chi connectivity index (χ1v) is 12.4. The maximum absolute atomic E-state index is 13.7. The number of rotatable bonds is 5. The monoisotopic (exact) mass is 470 g/mol. The number of nitrogens with one attached hydrogen (secondary N) is 2. The summed E-state index contributed by atoms with van der Waals surface area (Å²) in [6, 6.07) is 10.5. The van der Waals surface area contributed by atoms with Crippen LogP contribution in [-0.2, 0) is 21.2 Å². The van der Waals surface area contributed by atoms with Crippen molar-refractivity contribution in [3.63, 3.8) is 0 Å². The number of carbonyl (C=O) groups excluding carboxylic acids is 1. The lowest BCUT2D eigenvalue weighted by Crippen LogP contribution is -2.26. The second-order valence-corrected chi connectivity index (χ2v) is 9.99. The van der Waals surface area contributed by atoms with Gasteiger partial charge < -0.3 is 15.2 Å². The van der Waals surface area contributed by atoms with Crippen LogP contribution in [0.1, 0.15) is 36.9 Å². The summed E-state index contributed by atoms with van der Waals surface area (Å²) in [6.45, 7) is 2.61. The average Bonchev–Trinajstić information content (AvgIpc) is 2.92. The number of aryl methyl sites for hydroxylation is 1. The zero-order valence-electron chi connectivity index (χ0n) is 18.7. The first-order valence-electron chi connectivity index (χ1n) is 10.9. The number of likely N-dealkylation sites (tertiary alicyclic amines) is 1. The molecule has 4 rings (SSSR count). The molecule has 2 N–H and O–H groups in total. The Hall–Kier alpha value is -3.20. The number of hydrogen-bond donors (Lipinski definition) is 2. The lowest BCUT2D eigenvalue weighted by molar-refractivity contribution is -0.115. The fourth-order valence-electron chi connectivity index (χ4n) is 4.12. The van der Waals surface area contributed by atoms with E-state index in [9.17, 15) is 17.6 Å². The van der Waals surface area contributed by atoms with Crippen LogP contribution in [-0.4, -0.2) is 43.6 Å². The smallest absolute Gasteiger partial charge is 0.284 e. The summed E-state index contributed by atoms with van der Waals surface area (Å²) in [5.74, 6) is -0.140. The predicted molar refractivity (Wildman–Crippen MR) is 127 cm³/mol. The molecular weight excluding hydrogens is 443 g/mol. The number of carbonyl (C=O) groups is 1. The number of nitrogens with zero attached hydrogens (tertiary/aromatic N) is 2. The van der Waals surface area contributed by atoms with Crippen LogP contribution in [0.25, 0.3) is 10.9 Å². The van der Waals surface area contributed by atoms with E-state index >= 15 is 0 Å². The molecule has 2 aromatic carbocycles. The summed E-state index contributed by atoms with van der Waals surface area (Å²) in [6.07, 6.45) is 3.62. The second-order valence-electron chi connectivity index (χ2n) is 8.39. The molecule has 1 aromatic heterocycles. The van der Waals surface area contributed by atoms with E-state index in [-0.39, 0.29) is 23.0 Å². The molecule has 1 saturated heterocycles. The number of sulfonamides is 1. The van der Waals surface area contributed by atoms with Crippen molar-refractivity contribution in [2.45, 2.75) is 43.9 Å². The van der Waals surface area contributed by atoms with Gasteiger partial charge in [0.05, 0.1) is 11.3 Å². The Bertz CT molecular complexity index is 1330. The molecule has 1 aliphatic heterocycles. The lowest BCUT2D eigenvalue weighted by atomic mass is 10.1. The quantitative estimate of drug-likeness (QED) is 0.578. The number of hydrogen-bond acceptors (Lipinski definition) is 3. The second kappa shape index (κ2) is 9.35. The molecule has 174 valence electrons. The Morgan fingerprint density at radius 3 is 2.82 bits per heavy atom. The van der Waals surface area contributed by atoms with Crippen LogP contribution in [0.15, 0.2) is 51.8 Å². The summed E-state index contributed by atoms with van der Waals surface area (Å²) in [5, 5.41) is 3.41. The van der Waals surface area contributed by atoms with E-state index in [2.05, 4.69) is 14.7 Å². The number of amides is 1. The van der Waals surface area contributed by atoms with E-state index in [1.54, 1.807) is 18.2 Å². The molecule has 1 fully saturated rings. The molecule has 1 amide bonds. The van der Waals surface area contributed by atoms with Gasteiger partial charge >= 0.3 is 0 Å². The summed E-state index contributed by atoms with van der Waals surface area (Å²) in [7, 11) is -2.05. The Morgan fingerprint density at radius 1 is 1.18 bits per heavy atom. The zero-order valence-corrected chi connectivity index (χ0v) is 19.5. The molecule has 0 unspecified atom stereocenters. The molecular formula is C24H27FN4O3S. The van der Waals surface area contributed by atoms with Gasteiger partial charge in [0.15, 0.2) is 0 Å². The van der Waals surface area contributed by atoms with Crippen molar-refractivity contribution in [1.82, 2.24) is 9.88 Å². The molecule has 1 aliphatic rings. The highest BCUT2D eigenvalue weighted by molar-refractivity contribution is 7.90. The van der Waals surface area contributed by atoms with Crippen LogP contribution in [0.4, 0.5) is 10.1 Å². The highest BCUT2D eigenvalue weighted by Gasteiger charge is 2.19. The number of halogens is 1. The number of fused-ring (bicyclic) bond motifs is 1. The van der Waals surface area contributed by atoms with Gasteiger partial charge in [-0.2, -0.15) is 8.42 Å². The number of H-pyrrole nitrogens is 1. The van der Waals surface area contributed by atoms with E-state index in [0.717, 1.165) is 37.0 Å². The third-order valence-electron chi connectivity index (χ3n) is 5.89. The summed E-state index contributed by atoms with van der Waals surface area (Å²) in [4.78, 5) is 17.8. The van der Waals surface area contributed by atoms with Gasteiger partial charge in [0.2, 0.25) is 5.91 Å². The zero-order chi connectivity index (χ0) is 23.6. The van der Waals surface area contributed by atoms with Crippen LogP contribution in [0.5, 0.6) is 0 Å². The van der Waals surface area contributed by atoms with Crippen LogP contribution in [0.3, 0.4) is 0 Å². The molecule has 0 atom stereocenters. The van der Waals surface area contributed by atoms with Crippen LogP contribution in [0, 0.1) is 12.7 Å². The predicted octanol–water partition coefficient (Wildman–Crippen LogP) is 4.39. The van der Waals surface area contributed by atoms with Gasteiger partial charge in [-0.25, -0.2) is 4.39 Å². The van der Waals surface area contributed by atoms with Crippen molar-refractivity contribution in [3.05, 3.63) is 59.5 Å². The molecule has 7 nitrogen and oxygen atoms in total. The Balaban J connectivity index is 1.53. The third kappa shape index (κ3) is 5.24. The Labute approximate surface area is 192 Å². The average molecular weight is 471 g/mol. The van der Waals surface area contributed by atoms with Gasteiger partial charge in [0.1, 0.15) is 11.7 Å². The SMILES string of the molecule is Cc1[nH]c2ccc(F)cc2c1CC(=O)Nc1cccc(S(=O)(=O)/N=C2/CCCCCN2C)c1. The standard InChI is InChI=1S/C24H27FN4O3S/c1-16-20(21-13-17(25)10-11-22(21)26-16)15-24(30)27-18-7-6-8-19(14-18)33(31,32)28-23-9-4-3-5-12-29(23)2/h6-8,10-11,13-14,26H,3-5,9,12,15H2,1-2H3,(H,27,30)/b28-23-. The summed E-state index contributed by atoms with van der Waals surface area (Å²) in [5.41, 5.74) is 2.60. The van der Waals surface area contributed by atoms with Gasteiger partial charge in [-0.15, -0.1) is 4.40 Å². The molecule has 9 heteroatoms. The topological polar surface area (TPSA) is 94.6 Å². The van der Waals surface area contributed by atoms with Gasteiger partial charge in [-0.1, -0.05) is 12.5 Å². The number of aromatic nitrogens is 1. The molecule has 33 heavy (non-hydrogen) atoms. The van der Waals surface area contributed by atoms with Crippen molar-refractivity contribution in [2.75, 3.05) is 18.9 Å². The van der Waals surface area contributed by atoms with Crippen LogP contribution >= 0.6 is 0 Å². The molecule has 3 aromatic rings. The van der Waals surface area contributed by atoms with Gasteiger partial charge in [0.25, 0.3) is 10.0 Å². The Kier molecular flexibility index (Phi) is 6.51. The van der Waals surface area contributed by atoms with Crippen LogP contribution < -0.4 is 5.32 Å². The highest BCUT2D eigenvalue weighted by Crippen LogP contribution is 2.25. The number of amidine groups is 1. The maximum Gasteiger partial charge on any atom is 0.284 e. The van der Waals surface area contributed by atoms with E-state index in [4.69, 9.17) is 0 Å². The molecule has 0 spiro atoms. The van der Waals surface area contributed by atoms with Gasteiger partial charge in [0, 0.05) is 42.3 Å². The van der Waals surface area contributed by atoms with Crippen molar-refractivity contribution in [3.8, 4) is 0 Å². The molecule has 0 aliphatic carbocycles. The normalized spacial score (nSPS) is 16.2. The molecule has 0 saturated carbocycles. The van der Waals surface area contributed by atoms with E-state index in [0.29, 0.717) is 28.9 Å². The Morgan fingerprint density at radius 2 is 2.00 bits per heavy atom. The van der Waals surface area contributed by atoms with Crippen molar-refractivity contribution in [1.29, 1.82) is 0 Å². The molecule has 0 radical (unpaired) electrons. The first-order chi connectivity index (χ1) is 15.7. The van der Waals surface area contributed by atoms with Gasteiger partial charge in [-0.05, 0) is 61.7 Å². The summed E-state index contributed by atoms with van der Waals surface area (Å²) < 4.78 is 43.6. The number of aromatic amines is 1. The number of benzene rings is 2. The largest absolute Gasteiger partial charge is 0.362 e. The van der Waals surface area contributed by atoms with E-state index in [1.165, 1.54) is 24.3 Å². The number of anilines is 1. The van der Waals surface area contributed by atoms with E-state index in [1.807, 2.05) is 18.9 Å². The van der Waals surface area contributed by atoms with Gasteiger partial charge in [-0.3, -0.25) is 4.79 Å². The minimum Gasteiger partial charge on any atom is -0.362 e. The first kappa shape index (κ1) is 23.0. The maximum atomic E-state index is 13.7.